The zero-order valence-electron chi connectivity index (χ0n) is 12.4. The fourth-order valence-corrected chi connectivity index (χ4v) is 2.19. The first-order valence-corrected chi connectivity index (χ1v) is 8.02. The van der Waals surface area contributed by atoms with E-state index in [9.17, 15) is 10.1 Å². The predicted molar refractivity (Wildman–Crippen MR) is 87.1 cm³/mol. The van der Waals surface area contributed by atoms with Crippen molar-refractivity contribution < 1.29 is 9.53 Å². The van der Waals surface area contributed by atoms with Gasteiger partial charge in [-0.15, -0.1) is 11.8 Å². The summed E-state index contributed by atoms with van der Waals surface area (Å²) in [6, 6.07) is 5.44. The molecule has 0 aliphatic heterocycles. The molecule has 0 fully saturated rings. The number of nitrogens with one attached hydrogen (secondary N) is 2. The molecule has 1 amide bonds. The van der Waals surface area contributed by atoms with Crippen LogP contribution in [0.2, 0.25) is 5.15 Å². The number of nitriles is 1. The van der Waals surface area contributed by atoms with Crippen molar-refractivity contribution >= 4 is 29.3 Å². The lowest BCUT2D eigenvalue weighted by atomic mass is 10.2. The van der Waals surface area contributed by atoms with Gasteiger partial charge in [-0.25, -0.2) is 4.98 Å². The molecule has 1 aromatic heterocycles. The predicted octanol–water partition coefficient (Wildman–Crippen LogP) is 1.69. The summed E-state index contributed by atoms with van der Waals surface area (Å²) in [5.41, 5.74) is 0.943. The highest BCUT2D eigenvalue weighted by atomic mass is 35.5. The van der Waals surface area contributed by atoms with Gasteiger partial charge in [-0.1, -0.05) is 17.7 Å². The molecule has 2 N–H and O–H groups in total. The highest BCUT2D eigenvalue weighted by Crippen LogP contribution is 2.15. The smallest absolute Gasteiger partial charge is 0.264 e. The number of amides is 1. The van der Waals surface area contributed by atoms with Gasteiger partial charge >= 0.3 is 0 Å². The molecule has 0 unspecified atom stereocenters. The van der Waals surface area contributed by atoms with Crippen LogP contribution in [-0.4, -0.2) is 37.4 Å². The lowest BCUT2D eigenvalue weighted by molar-refractivity contribution is -0.117. The number of hydrogen-bond acceptors (Lipinski definition) is 6. The van der Waals surface area contributed by atoms with E-state index >= 15 is 0 Å². The zero-order valence-corrected chi connectivity index (χ0v) is 13.9. The molecule has 0 spiro atoms. The largest absolute Gasteiger partial charge is 0.383 e. The molecule has 0 bridgehead atoms. The van der Waals surface area contributed by atoms with Gasteiger partial charge in [0, 0.05) is 26.4 Å². The second-order valence-electron chi connectivity index (χ2n) is 4.11. The van der Waals surface area contributed by atoms with Crippen molar-refractivity contribution in [2.75, 3.05) is 26.5 Å². The van der Waals surface area contributed by atoms with Gasteiger partial charge in [0.2, 0.25) is 0 Å². The van der Waals surface area contributed by atoms with Crippen LogP contribution >= 0.6 is 23.4 Å². The number of carbonyl (C=O) groups is 1. The third-order valence-corrected chi connectivity index (χ3v) is 3.58. The maximum atomic E-state index is 12.0. The molecular formula is C14H17ClN4O2S. The lowest BCUT2D eigenvalue weighted by Crippen LogP contribution is -2.30. The fraction of sp³-hybridized carbons (Fsp3) is 0.357. The topological polar surface area (TPSA) is 87.0 Å². The average Bonchev–Trinajstić information content (AvgIpc) is 2.53. The third kappa shape index (κ3) is 5.93. The van der Waals surface area contributed by atoms with Crippen LogP contribution in [0.3, 0.4) is 0 Å². The minimum atomic E-state index is -0.425. The first-order chi connectivity index (χ1) is 10.6. The lowest BCUT2D eigenvalue weighted by Gasteiger charge is -2.11. The fourth-order valence-electron chi connectivity index (χ4n) is 1.52. The number of rotatable bonds is 8. The number of hydrogen-bond donors (Lipinski definition) is 2. The Balaban J connectivity index is 2.74. The van der Waals surface area contributed by atoms with E-state index in [1.54, 1.807) is 25.6 Å². The van der Waals surface area contributed by atoms with Crippen molar-refractivity contribution in [3.63, 3.8) is 0 Å². The van der Waals surface area contributed by atoms with Crippen LogP contribution < -0.4 is 10.6 Å². The second-order valence-corrected chi connectivity index (χ2v) is 5.32. The SMILES string of the molecule is COCCNC(=O)C(C#N)=C(NCc1ccc(Cl)nc1)SC. The van der Waals surface area contributed by atoms with Crippen molar-refractivity contribution in [2.45, 2.75) is 6.54 Å². The van der Waals surface area contributed by atoms with Crippen molar-refractivity contribution in [3.8, 4) is 6.07 Å². The summed E-state index contributed by atoms with van der Waals surface area (Å²) in [5.74, 6) is -0.425. The van der Waals surface area contributed by atoms with Crippen molar-refractivity contribution in [2.24, 2.45) is 0 Å². The molecule has 0 saturated heterocycles. The first-order valence-electron chi connectivity index (χ1n) is 6.42. The highest BCUT2D eigenvalue weighted by molar-refractivity contribution is 8.02. The Morgan fingerprint density at radius 1 is 1.50 bits per heavy atom. The van der Waals surface area contributed by atoms with Crippen LogP contribution in [0.25, 0.3) is 0 Å². The number of aromatic nitrogens is 1. The number of thioether (sulfide) groups is 1. The molecule has 1 aromatic rings. The van der Waals surface area contributed by atoms with E-state index in [-0.39, 0.29) is 5.57 Å². The van der Waals surface area contributed by atoms with E-state index in [1.165, 1.54) is 11.8 Å². The summed E-state index contributed by atoms with van der Waals surface area (Å²) in [5, 5.41) is 15.8. The Morgan fingerprint density at radius 2 is 2.27 bits per heavy atom. The molecule has 0 saturated carbocycles. The number of carbonyl (C=O) groups excluding carboxylic acids is 1. The van der Waals surface area contributed by atoms with E-state index in [4.69, 9.17) is 16.3 Å². The van der Waals surface area contributed by atoms with Gasteiger partial charge in [-0.3, -0.25) is 4.79 Å². The van der Waals surface area contributed by atoms with Crippen LogP contribution in [-0.2, 0) is 16.1 Å². The normalized spacial score (nSPS) is 11.4. The van der Waals surface area contributed by atoms with Crippen LogP contribution in [0, 0.1) is 11.3 Å². The monoisotopic (exact) mass is 340 g/mol. The van der Waals surface area contributed by atoms with E-state index in [0.717, 1.165) is 5.56 Å². The molecular weight excluding hydrogens is 324 g/mol. The second kappa shape index (κ2) is 10.1. The Bertz CT molecular complexity index is 569. The Morgan fingerprint density at radius 3 is 2.82 bits per heavy atom. The minimum Gasteiger partial charge on any atom is -0.383 e. The Labute approximate surface area is 138 Å². The molecule has 118 valence electrons. The van der Waals surface area contributed by atoms with Gasteiger partial charge < -0.3 is 15.4 Å². The molecule has 8 heteroatoms. The average molecular weight is 341 g/mol. The summed E-state index contributed by atoms with van der Waals surface area (Å²) in [7, 11) is 1.54. The quantitative estimate of drug-likeness (QED) is 0.324. The summed E-state index contributed by atoms with van der Waals surface area (Å²) in [4.78, 5) is 16.0. The van der Waals surface area contributed by atoms with Gasteiger partial charge in [0.1, 0.15) is 16.8 Å². The van der Waals surface area contributed by atoms with E-state index in [0.29, 0.717) is 29.9 Å². The van der Waals surface area contributed by atoms with Gasteiger partial charge in [0.25, 0.3) is 5.91 Å². The molecule has 22 heavy (non-hydrogen) atoms. The van der Waals surface area contributed by atoms with E-state index in [1.807, 2.05) is 12.1 Å². The van der Waals surface area contributed by atoms with Crippen molar-refractivity contribution in [1.29, 1.82) is 5.26 Å². The third-order valence-electron chi connectivity index (χ3n) is 2.60. The number of nitrogens with zero attached hydrogens (tertiary/aromatic N) is 2. The van der Waals surface area contributed by atoms with Crippen LogP contribution in [0.5, 0.6) is 0 Å². The van der Waals surface area contributed by atoms with Crippen LogP contribution in [0.15, 0.2) is 28.9 Å². The first kappa shape index (κ1) is 18.3. The van der Waals surface area contributed by atoms with Crippen molar-refractivity contribution in [1.82, 2.24) is 15.6 Å². The Kier molecular flexibility index (Phi) is 8.36. The number of ether oxygens (including phenoxy) is 1. The maximum absolute atomic E-state index is 12.0. The van der Waals surface area contributed by atoms with Crippen LogP contribution in [0.4, 0.5) is 0 Å². The maximum Gasteiger partial charge on any atom is 0.264 e. The van der Waals surface area contributed by atoms with Gasteiger partial charge in [0.15, 0.2) is 0 Å². The molecule has 6 nitrogen and oxygen atoms in total. The van der Waals surface area contributed by atoms with Crippen molar-refractivity contribution in [3.05, 3.63) is 39.6 Å². The molecule has 1 rings (SSSR count). The standard InChI is InChI=1S/C14H17ClN4O2S/c1-21-6-5-17-13(20)11(7-16)14(22-2)19-9-10-3-4-12(15)18-8-10/h3-4,8,19H,5-6,9H2,1-2H3,(H,17,20). The number of halogens is 1. The molecule has 1 heterocycles. The molecule has 0 radical (unpaired) electrons. The summed E-state index contributed by atoms with van der Waals surface area (Å²) in [6.45, 7) is 1.18. The van der Waals surface area contributed by atoms with Crippen LogP contribution in [0.1, 0.15) is 5.56 Å². The van der Waals surface area contributed by atoms with Gasteiger partial charge in [-0.05, 0) is 17.9 Å². The molecule has 0 aliphatic rings. The van der Waals surface area contributed by atoms with E-state index < -0.39 is 5.91 Å². The number of pyridine rings is 1. The summed E-state index contributed by atoms with van der Waals surface area (Å²) in [6.07, 6.45) is 3.43. The summed E-state index contributed by atoms with van der Waals surface area (Å²) >= 11 is 7.03. The molecule has 0 aliphatic carbocycles. The van der Waals surface area contributed by atoms with Gasteiger partial charge in [-0.2, -0.15) is 5.26 Å². The van der Waals surface area contributed by atoms with E-state index in [2.05, 4.69) is 15.6 Å². The number of methoxy groups -OCH3 is 1. The molecule has 0 aromatic carbocycles. The Hall–Kier alpha value is -1.75. The highest BCUT2D eigenvalue weighted by Gasteiger charge is 2.14. The molecule has 0 atom stereocenters. The summed E-state index contributed by atoms with van der Waals surface area (Å²) < 4.78 is 4.86. The van der Waals surface area contributed by atoms with Gasteiger partial charge in [0.05, 0.1) is 11.6 Å². The zero-order chi connectivity index (χ0) is 16.4. The minimum absolute atomic E-state index is 0.0468.